The van der Waals surface area contributed by atoms with Gasteiger partial charge in [-0.25, -0.2) is 4.39 Å². The van der Waals surface area contributed by atoms with Crippen molar-refractivity contribution in [3.8, 4) is 0 Å². The summed E-state index contributed by atoms with van der Waals surface area (Å²) in [6.07, 6.45) is -2.13. The van der Waals surface area contributed by atoms with Crippen LogP contribution in [0.3, 0.4) is 0 Å². The lowest BCUT2D eigenvalue weighted by Crippen LogP contribution is -2.61. The maximum absolute atomic E-state index is 14.1. The Labute approximate surface area is 196 Å². The van der Waals surface area contributed by atoms with Gasteiger partial charge in [-0.05, 0) is 55.0 Å². The fourth-order valence-electron chi connectivity index (χ4n) is 5.56. The molecule has 182 valence electrons. The van der Waals surface area contributed by atoms with E-state index in [2.05, 4.69) is 15.5 Å². The van der Waals surface area contributed by atoms with E-state index >= 15 is 0 Å². The number of nitrogens with zero attached hydrogens (tertiary/aromatic N) is 2. The van der Waals surface area contributed by atoms with Gasteiger partial charge < -0.3 is 15.5 Å². The van der Waals surface area contributed by atoms with Gasteiger partial charge >= 0.3 is 6.18 Å². The zero-order valence-electron chi connectivity index (χ0n) is 19.0. The van der Waals surface area contributed by atoms with Gasteiger partial charge in [0.1, 0.15) is 11.9 Å². The molecule has 2 N–H and O–H groups in total. The van der Waals surface area contributed by atoms with Crippen LogP contribution in [0.1, 0.15) is 24.0 Å². The highest BCUT2D eigenvalue weighted by atomic mass is 19.4. The molecule has 0 radical (unpaired) electrons. The van der Waals surface area contributed by atoms with Gasteiger partial charge in [0, 0.05) is 55.2 Å². The van der Waals surface area contributed by atoms with Crippen LogP contribution in [-0.2, 0) is 11.2 Å². The molecule has 9 heteroatoms. The number of aryl methyl sites for hydroxylation is 1. The summed E-state index contributed by atoms with van der Waals surface area (Å²) in [5.41, 5.74) is 3.78. The highest BCUT2D eigenvalue weighted by Gasteiger charge is 2.47. The summed E-state index contributed by atoms with van der Waals surface area (Å²) in [5, 5.41) is 6.08. The maximum atomic E-state index is 14.1. The molecule has 34 heavy (non-hydrogen) atoms. The minimum absolute atomic E-state index is 0.00979. The molecular formula is C25H28F4N4O. The summed E-state index contributed by atoms with van der Waals surface area (Å²) >= 11 is 0. The van der Waals surface area contributed by atoms with Gasteiger partial charge in [-0.3, -0.25) is 9.69 Å². The SMILES string of the molecule is Cc1ccc(F)c2c1NC(C(=O)Nc1cccc(N3CCC4(CC3)CN(CC(F)(F)F)C4)c1)C2. The van der Waals surface area contributed by atoms with Crippen molar-refractivity contribution in [3.05, 3.63) is 53.3 Å². The first kappa shape index (κ1) is 23.0. The quantitative estimate of drug-likeness (QED) is 0.635. The molecule has 1 spiro atoms. The third-order valence-corrected chi connectivity index (χ3v) is 7.33. The summed E-state index contributed by atoms with van der Waals surface area (Å²) in [6, 6.07) is 10.2. The predicted octanol–water partition coefficient (Wildman–Crippen LogP) is 4.57. The minimum Gasteiger partial charge on any atom is -0.373 e. The van der Waals surface area contributed by atoms with Crippen LogP contribution in [0.15, 0.2) is 36.4 Å². The van der Waals surface area contributed by atoms with E-state index in [0.29, 0.717) is 36.4 Å². The number of fused-ring (bicyclic) bond motifs is 1. The second-order valence-corrected chi connectivity index (χ2v) is 9.91. The number of piperidine rings is 1. The van der Waals surface area contributed by atoms with Gasteiger partial charge in [-0.15, -0.1) is 0 Å². The van der Waals surface area contributed by atoms with E-state index in [1.165, 1.54) is 11.0 Å². The molecule has 2 aromatic rings. The fraction of sp³-hybridized carbons (Fsp3) is 0.480. The Hall–Kier alpha value is -2.81. The molecule has 0 saturated carbocycles. The van der Waals surface area contributed by atoms with Crippen LogP contribution >= 0.6 is 0 Å². The van der Waals surface area contributed by atoms with Gasteiger partial charge in [-0.2, -0.15) is 13.2 Å². The highest BCUT2D eigenvalue weighted by Crippen LogP contribution is 2.42. The number of nitrogens with one attached hydrogen (secondary N) is 2. The summed E-state index contributed by atoms with van der Waals surface area (Å²) in [7, 11) is 0. The van der Waals surface area contributed by atoms with Crippen molar-refractivity contribution in [1.82, 2.24) is 4.90 Å². The number of anilines is 3. The maximum Gasteiger partial charge on any atom is 0.401 e. The molecular weight excluding hydrogens is 448 g/mol. The number of benzene rings is 2. The molecule has 3 heterocycles. The number of alkyl halides is 3. The average Bonchev–Trinajstić information content (AvgIpc) is 3.22. The summed E-state index contributed by atoms with van der Waals surface area (Å²) in [6.45, 7) is 3.62. The molecule has 3 aliphatic heterocycles. The topological polar surface area (TPSA) is 47.6 Å². The molecule has 5 nitrogen and oxygen atoms in total. The van der Waals surface area contributed by atoms with E-state index in [9.17, 15) is 22.4 Å². The number of halogens is 4. The molecule has 2 saturated heterocycles. The van der Waals surface area contributed by atoms with Crippen LogP contribution in [0.5, 0.6) is 0 Å². The van der Waals surface area contributed by atoms with Crippen LogP contribution in [0.25, 0.3) is 0 Å². The normalized spacial score (nSPS) is 21.7. The molecule has 5 rings (SSSR count). The largest absolute Gasteiger partial charge is 0.401 e. The molecule has 1 amide bonds. The number of amides is 1. The molecule has 2 fully saturated rings. The average molecular weight is 477 g/mol. The van der Waals surface area contributed by atoms with E-state index < -0.39 is 18.8 Å². The van der Waals surface area contributed by atoms with Crippen LogP contribution in [0.2, 0.25) is 0 Å². The Balaban J connectivity index is 1.17. The third kappa shape index (κ3) is 4.58. The van der Waals surface area contributed by atoms with E-state index in [0.717, 1.165) is 37.2 Å². The number of carbonyl (C=O) groups is 1. The van der Waals surface area contributed by atoms with Gasteiger partial charge in [0.2, 0.25) is 5.91 Å². The van der Waals surface area contributed by atoms with Crippen LogP contribution in [-0.4, -0.2) is 55.7 Å². The first-order chi connectivity index (χ1) is 16.1. The number of carbonyl (C=O) groups excluding carboxylic acids is 1. The molecule has 0 bridgehead atoms. The number of rotatable bonds is 4. The monoisotopic (exact) mass is 476 g/mol. The third-order valence-electron chi connectivity index (χ3n) is 7.33. The smallest absolute Gasteiger partial charge is 0.373 e. The molecule has 0 aliphatic carbocycles. The van der Waals surface area contributed by atoms with Crippen molar-refractivity contribution in [2.75, 3.05) is 48.3 Å². The molecule has 2 aromatic carbocycles. The van der Waals surface area contributed by atoms with E-state index in [1.54, 1.807) is 6.07 Å². The lowest BCUT2D eigenvalue weighted by molar-refractivity contribution is -0.171. The van der Waals surface area contributed by atoms with Crippen LogP contribution in [0, 0.1) is 18.2 Å². The Kier molecular flexibility index (Phi) is 5.70. The van der Waals surface area contributed by atoms with Gasteiger partial charge in [0.25, 0.3) is 0 Å². The molecule has 1 unspecified atom stereocenters. The Morgan fingerprint density at radius 1 is 1.18 bits per heavy atom. The zero-order chi connectivity index (χ0) is 24.1. The lowest BCUT2D eigenvalue weighted by Gasteiger charge is -2.54. The van der Waals surface area contributed by atoms with E-state index in [-0.39, 0.29) is 17.1 Å². The molecule has 0 aromatic heterocycles. The van der Waals surface area contributed by atoms with Crippen molar-refractivity contribution in [2.24, 2.45) is 5.41 Å². The Bertz CT molecular complexity index is 1060. The minimum atomic E-state index is -4.14. The number of likely N-dealkylation sites (tertiary alicyclic amines) is 1. The highest BCUT2D eigenvalue weighted by molar-refractivity contribution is 5.98. The lowest BCUT2D eigenvalue weighted by atomic mass is 9.72. The number of hydrogen-bond donors (Lipinski definition) is 2. The van der Waals surface area contributed by atoms with Crippen molar-refractivity contribution in [1.29, 1.82) is 0 Å². The van der Waals surface area contributed by atoms with Crippen molar-refractivity contribution >= 4 is 23.0 Å². The van der Waals surface area contributed by atoms with Gasteiger partial charge in [0.15, 0.2) is 0 Å². The molecule has 1 atom stereocenters. The van der Waals surface area contributed by atoms with Crippen LogP contribution < -0.4 is 15.5 Å². The van der Waals surface area contributed by atoms with Crippen molar-refractivity contribution in [2.45, 2.75) is 38.4 Å². The van der Waals surface area contributed by atoms with Crippen molar-refractivity contribution in [3.63, 3.8) is 0 Å². The molecule has 3 aliphatic rings. The zero-order valence-corrected chi connectivity index (χ0v) is 19.0. The van der Waals surface area contributed by atoms with Crippen LogP contribution in [0.4, 0.5) is 34.6 Å². The predicted molar refractivity (Wildman–Crippen MR) is 124 cm³/mol. The fourth-order valence-corrected chi connectivity index (χ4v) is 5.56. The Morgan fingerprint density at radius 2 is 1.91 bits per heavy atom. The first-order valence-corrected chi connectivity index (χ1v) is 11.6. The second kappa shape index (κ2) is 8.45. The standard InChI is InChI=1S/C25H28F4N4O/c1-16-5-6-20(26)19-12-21(31-22(16)19)23(34)30-17-3-2-4-18(11-17)33-9-7-24(8-10-33)13-32(14-24)15-25(27,28)29/h2-6,11,21,31H,7-10,12-15H2,1H3,(H,30,34). The van der Waals surface area contributed by atoms with Gasteiger partial charge in [-0.1, -0.05) is 12.1 Å². The van der Waals surface area contributed by atoms with Crippen molar-refractivity contribution < 1.29 is 22.4 Å². The second-order valence-electron chi connectivity index (χ2n) is 9.91. The van der Waals surface area contributed by atoms with E-state index in [1.807, 2.05) is 31.2 Å². The summed E-state index contributed by atoms with van der Waals surface area (Å²) in [5.74, 6) is -0.523. The summed E-state index contributed by atoms with van der Waals surface area (Å²) in [4.78, 5) is 16.6. The number of hydrogen-bond acceptors (Lipinski definition) is 4. The first-order valence-electron chi connectivity index (χ1n) is 11.6. The van der Waals surface area contributed by atoms with E-state index in [4.69, 9.17) is 0 Å². The summed E-state index contributed by atoms with van der Waals surface area (Å²) < 4.78 is 51.9. The Morgan fingerprint density at radius 3 is 2.59 bits per heavy atom. The van der Waals surface area contributed by atoms with Gasteiger partial charge in [0.05, 0.1) is 6.54 Å².